The first-order valence-corrected chi connectivity index (χ1v) is 3.71. The third-order valence-electron chi connectivity index (χ3n) is 1.48. The second-order valence-corrected chi connectivity index (χ2v) is 2.50. The van der Waals surface area contributed by atoms with Crippen molar-refractivity contribution in [2.75, 3.05) is 0 Å². The van der Waals surface area contributed by atoms with Crippen LogP contribution in [-0.2, 0) is 0 Å². The van der Waals surface area contributed by atoms with E-state index in [0.717, 1.165) is 12.8 Å². The lowest BCUT2D eigenvalue weighted by Gasteiger charge is -2.06. The van der Waals surface area contributed by atoms with Crippen LogP contribution in [0.25, 0.3) is 0 Å². The van der Waals surface area contributed by atoms with Crippen LogP contribution in [0.15, 0.2) is 0 Å². The summed E-state index contributed by atoms with van der Waals surface area (Å²) in [4.78, 5) is 0. The van der Waals surface area contributed by atoms with E-state index in [1.807, 2.05) is 6.92 Å². The van der Waals surface area contributed by atoms with Crippen molar-refractivity contribution in [3.8, 4) is 12.1 Å². The standard InChI is InChI=1S/C8H12N2O/c1-2-3-7(5-9)4-8(11)6-10/h7-8,11H,2-4H2,1H3. The lowest BCUT2D eigenvalue weighted by Crippen LogP contribution is -2.09. The summed E-state index contributed by atoms with van der Waals surface area (Å²) in [5, 5.41) is 25.6. The van der Waals surface area contributed by atoms with Gasteiger partial charge in [0.1, 0.15) is 6.10 Å². The summed E-state index contributed by atoms with van der Waals surface area (Å²) in [7, 11) is 0. The van der Waals surface area contributed by atoms with Gasteiger partial charge in [0.2, 0.25) is 0 Å². The lowest BCUT2D eigenvalue weighted by atomic mass is 9.99. The smallest absolute Gasteiger partial charge is 0.141 e. The van der Waals surface area contributed by atoms with E-state index < -0.39 is 6.10 Å². The molecule has 2 atom stereocenters. The topological polar surface area (TPSA) is 67.8 Å². The van der Waals surface area contributed by atoms with Gasteiger partial charge in [0.15, 0.2) is 0 Å². The predicted molar refractivity (Wildman–Crippen MR) is 40.2 cm³/mol. The Morgan fingerprint density at radius 1 is 1.36 bits per heavy atom. The number of nitrogens with zero attached hydrogens (tertiary/aromatic N) is 2. The van der Waals surface area contributed by atoms with Crippen molar-refractivity contribution >= 4 is 0 Å². The Balaban J connectivity index is 3.72. The van der Waals surface area contributed by atoms with Gasteiger partial charge in [-0.05, 0) is 6.42 Å². The maximum Gasteiger partial charge on any atom is 0.141 e. The molecule has 0 rings (SSSR count). The number of rotatable bonds is 4. The first-order chi connectivity index (χ1) is 5.24. The molecule has 0 aliphatic heterocycles. The summed E-state index contributed by atoms with van der Waals surface area (Å²) in [5.74, 6) is -0.172. The highest BCUT2D eigenvalue weighted by Crippen LogP contribution is 2.11. The molecule has 0 aromatic heterocycles. The van der Waals surface area contributed by atoms with E-state index in [-0.39, 0.29) is 12.3 Å². The fraction of sp³-hybridized carbons (Fsp3) is 0.750. The van der Waals surface area contributed by atoms with E-state index >= 15 is 0 Å². The normalized spacial score (nSPS) is 14.5. The van der Waals surface area contributed by atoms with Crippen molar-refractivity contribution in [1.29, 1.82) is 10.5 Å². The molecular weight excluding hydrogens is 140 g/mol. The first-order valence-electron chi connectivity index (χ1n) is 3.71. The van der Waals surface area contributed by atoms with Gasteiger partial charge in [0.05, 0.1) is 12.1 Å². The van der Waals surface area contributed by atoms with Crippen LogP contribution in [0.5, 0.6) is 0 Å². The van der Waals surface area contributed by atoms with Crippen molar-refractivity contribution in [1.82, 2.24) is 0 Å². The van der Waals surface area contributed by atoms with E-state index in [2.05, 4.69) is 6.07 Å². The van der Waals surface area contributed by atoms with Crippen LogP contribution in [0.3, 0.4) is 0 Å². The fourth-order valence-electron chi connectivity index (χ4n) is 0.906. The molecule has 1 N–H and O–H groups in total. The Hall–Kier alpha value is -1.06. The van der Waals surface area contributed by atoms with Gasteiger partial charge in [0, 0.05) is 12.3 Å². The number of aliphatic hydroxyl groups excluding tert-OH is 1. The molecule has 3 heteroatoms. The molecule has 0 aliphatic carbocycles. The average Bonchev–Trinajstić information content (AvgIpc) is 2.03. The Labute approximate surface area is 66.9 Å². The van der Waals surface area contributed by atoms with Crippen LogP contribution in [0.1, 0.15) is 26.2 Å². The molecule has 2 unspecified atom stereocenters. The Bertz CT molecular complexity index is 178. The molecule has 0 aliphatic rings. The second-order valence-electron chi connectivity index (χ2n) is 2.50. The zero-order valence-corrected chi connectivity index (χ0v) is 6.62. The maximum atomic E-state index is 8.87. The minimum absolute atomic E-state index is 0.172. The number of hydrogen-bond acceptors (Lipinski definition) is 3. The van der Waals surface area contributed by atoms with Crippen LogP contribution in [0.2, 0.25) is 0 Å². The largest absolute Gasteiger partial charge is 0.378 e. The van der Waals surface area contributed by atoms with Gasteiger partial charge in [0.25, 0.3) is 0 Å². The van der Waals surface area contributed by atoms with Gasteiger partial charge in [-0.1, -0.05) is 13.3 Å². The molecule has 0 spiro atoms. The summed E-state index contributed by atoms with van der Waals surface area (Å²) in [5.41, 5.74) is 0. The highest BCUT2D eigenvalue weighted by atomic mass is 16.3. The lowest BCUT2D eigenvalue weighted by molar-refractivity contribution is 0.202. The van der Waals surface area contributed by atoms with E-state index in [1.54, 1.807) is 6.07 Å². The Morgan fingerprint density at radius 3 is 2.36 bits per heavy atom. The molecule has 0 bridgehead atoms. The number of aliphatic hydroxyl groups is 1. The summed E-state index contributed by atoms with van der Waals surface area (Å²) >= 11 is 0. The third-order valence-corrected chi connectivity index (χ3v) is 1.48. The molecule has 0 radical (unpaired) electrons. The molecule has 0 fully saturated rings. The van der Waals surface area contributed by atoms with Crippen LogP contribution in [0.4, 0.5) is 0 Å². The highest BCUT2D eigenvalue weighted by Gasteiger charge is 2.11. The number of hydrogen-bond donors (Lipinski definition) is 1. The Kier molecular flexibility index (Phi) is 5.15. The van der Waals surface area contributed by atoms with Gasteiger partial charge < -0.3 is 5.11 Å². The zero-order chi connectivity index (χ0) is 8.69. The third kappa shape index (κ3) is 4.36. The molecule has 0 heterocycles. The van der Waals surface area contributed by atoms with Gasteiger partial charge in [-0.15, -0.1) is 0 Å². The van der Waals surface area contributed by atoms with E-state index in [0.29, 0.717) is 0 Å². The molecule has 11 heavy (non-hydrogen) atoms. The minimum Gasteiger partial charge on any atom is -0.378 e. The van der Waals surface area contributed by atoms with Crippen molar-refractivity contribution in [2.24, 2.45) is 5.92 Å². The zero-order valence-electron chi connectivity index (χ0n) is 6.62. The van der Waals surface area contributed by atoms with Gasteiger partial charge in [-0.2, -0.15) is 10.5 Å². The summed E-state index contributed by atoms with van der Waals surface area (Å²) in [6, 6.07) is 3.75. The Morgan fingerprint density at radius 2 is 2.00 bits per heavy atom. The van der Waals surface area contributed by atoms with E-state index in [1.165, 1.54) is 0 Å². The molecule has 0 saturated carbocycles. The molecule has 3 nitrogen and oxygen atoms in total. The monoisotopic (exact) mass is 152 g/mol. The summed E-state index contributed by atoms with van der Waals surface area (Å²) in [6.07, 6.45) is 0.970. The van der Waals surface area contributed by atoms with E-state index in [4.69, 9.17) is 15.6 Å². The van der Waals surface area contributed by atoms with Crippen LogP contribution in [0, 0.1) is 28.6 Å². The van der Waals surface area contributed by atoms with Crippen LogP contribution in [-0.4, -0.2) is 11.2 Å². The number of nitriles is 2. The molecule has 60 valence electrons. The van der Waals surface area contributed by atoms with E-state index in [9.17, 15) is 0 Å². The first kappa shape index (κ1) is 9.94. The van der Waals surface area contributed by atoms with Gasteiger partial charge >= 0.3 is 0 Å². The van der Waals surface area contributed by atoms with Crippen molar-refractivity contribution in [2.45, 2.75) is 32.3 Å². The quantitative estimate of drug-likeness (QED) is 0.615. The van der Waals surface area contributed by atoms with Gasteiger partial charge in [-0.3, -0.25) is 0 Å². The molecular formula is C8H12N2O. The summed E-state index contributed by atoms with van der Waals surface area (Å²) < 4.78 is 0. The van der Waals surface area contributed by atoms with Crippen molar-refractivity contribution in [3.05, 3.63) is 0 Å². The molecule has 0 amide bonds. The van der Waals surface area contributed by atoms with Crippen LogP contribution < -0.4 is 0 Å². The van der Waals surface area contributed by atoms with Crippen molar-refractivity contribution < 1.29 is 5.11 Å². The minimum atomic E-state index is -0.980. The van der Waals surface area contributed by atoms with Gasteiger partial charge in [-0.25, -0.2) is 0 Å². The highest BCUT2D eigenvalue weighted by molar-refractivity contribution is 4.91. The molecule has 0 aromatic rings. The molecule has 0 aromatic carbocycles. The maximum absolute atomic E-state index is 8.87. The SMILES string of the molecule is CCCC(C#N)CC(O)C#N. The predicted octanol–water partition coefficient (Wildman–Crippen LogP) is 1.20. The average molecular weight is 152 g/mol. The fourth-order valence-corrected chi connectivity index (χ4v) is 0.906. The van der Waals surface area contributed by atoms with Crippen LogP contribution >= 0.6 is 0 Å². The van der Waals surface area contributed by atoms with Crippen molar-refractivity contribution in [3.63, 3.8) is 0 Å². The second kappa shape index (κ2) is 5.70. The molecule has 0 saturated heterocycles. The summed E-state index contributed by atoms with van der Waals surface area (Å²) in [6.45, 7) is 1.98.